The third kappa shape index (κ3) is 5.55. The van der Waals surface area contributed by atoms with E-state index in [9.17, 15) is 18.0 Å². The van der Waals surface area contributed by atoms with E-state index in [0.29, 0.717) is 5.56 Å². The van der Waals surface area contributed by atoms with Crippen LogP contribution in [0.1, 0.15) is 51.0 Å². The molecule has 0 heterocycles. The number of halogens is 3. The van der Waals surface area contributed by atoms with E-state index in [1.165, 1.54) is 24.3 Å². The van der Waals surface area contributed by atoms with Gasteiger partial charge in [-0.05, 0) is 38.8 Å². The number of aliphatic hydroxyl groups is 1. The number of alkyl halides is 3. The minimum absolute atomic E-state index is 0.249. The zero-order valence-corrected chi connectivity index (χ0v) is 12.9. The lowest BCUT2D eigenvalue weighted by atomic mass is 10.0. The summed E-state index contributed by atoms with van der Waals surface area (Å²) in [5, 5.41) is 11.7. The molecule has 0 radical (unpaired) electrons. The van der Waals surface area contributed by atoms with E-state index in [0.717, 1.165) is 0 Å². The highest BCUT2D eigenvalue weighted by molar-refractivity contribution is 5.68. The minimum Gasteiger partial charge on any atom is -0.444 e. The summed E-state index contributed by atoms with van der Waals surface area (Å²) in [7, 11) is 0. The predicted molar refractivity (Wildman–Crippen MR) is 75.2 cm³/mol. The molecule has 22 heavy (non-hydrogen) atoms. The molecule has 4 nitrogen and oxygen atoms in total. The van der Waals surface area contributed by atoms with Gasteiger partial charge in [-0.1, -0.05) is 24.3 Å². The average molecular weight is 319 g/mol. The van der Waals surface area contributed by atoms with Crippen LogP contribution < -0.4 is 5.32 Å². The number of amides is 1. The molecule has 0 aliphatic carbocycles. The van der Waals surface area contributed by atoms with Gasteiger partial charge in [0.05, 0.1) is 6.04 Å². The van der Waals surface area contributed by atoms with Crippen molar-refractivity contribution in [3.63, 3.8) is 0 Å². The summed E-state index contributed by atoms with van der Waals surface area (Å²) in [6, 6.07) is 4.77. The van der Waals surface area contributed by atoms with Crippen molar-refractivity contribution < 1.29 is 27.8 Å². The lowest BCUT2D eigenvalue weighted by Gasteiger charge is -2.22. The van der Waals surface area contributed by atoms with Crippen LogP contribution in [0.3, 0.4) is 0 Å². The normalized spacial score (nSPS) is 15.1. The Labute approximate surface area is 127 Å². The SMILES string of the molecule is CC(NC(=O)OC(C)(C)C)c1ccc(C(O)C(F)(F)F)cc1. The molecule has 124 valence electrons. The maximum absolute atomic E-state index is 12.4. The van der Waals surface area contributed by atoms with Gasteiger partial charge in [0.1, 0.15) is 5.60 Å². The van der Waals surface area contributed by atoms with Crippen molar-refractivity contribution in [1.29, 1.82) is 0 Å². The molecule has 0 fully saturated rings. The molecule has 7 heteroatoms. The van der Waals surface area contributed by atoms with Crippen molar-refractivity contribution in [1.82, 2.24) is 5.32 Å². The van der Waals surface area contributed by atoms with Crippen LogP contribution in [0.4, 0.5) is 18.0 Å². The highest BCUT2D eigenvalue weighted by Crippen LogP contribution is 2.32. The fraction of sp³-hybridized carbons (Fsp3) is 0.533. The first-order chi connectivity index (χ1) is 9.90. The predicted octanol–water partition coefficient (Wildman–Crippen LogP) is 3.87. The van der Waals surface area contributed by atoms with Gasteiger partial charge in [-0.15, -0.1) is 0 Å². The van der Waals surface area contributed by atoms with Gasteiger partial charge < -0.3 is 15.2 Å². The highest BCUT2D eigenvalue weighted by Gasteiger charge is 2.39. The number of nitrogens with one attached hydrogen (secondary N) is 1. The molecule has 0 saturated carbocycles. The summed E-state index contributed by atoms with van der Waals surface area (Å²) < 4.78 is 42.3. The van der Waals surface area contributed by atoms with Crippen molar-refractivity contribution in [2.45, 2.75) is 51.6 Å². The Balaban J connectivity index is 2.72. The second-order valence-electron chi connectivity index (χ2n) is 5.98. The van der Waals surface area contributed by atoms with Crippen molar-refractivity contribution >= 4 is 6.09 Å². The molecule has 0 saturated heterocycles. The summed E-state index contributed by atoms with van der Waals surface area (Å²) in [6.45, 7) is 6.86. The molecule has 1 aromatic carbocycles. The fourth-order valence-corrected chi connectivity index (χ4v) is 1.72. The monoisotopic (exact) mass is 319 g/mol. The van der Waals surface area contributed by atoms with E-state index in [1.807, 2.05) is 0 Å². The number of alkyl carbamates (subject to hydrolysis) is 1. The minimum atomic E-state index is -4.71. The van der Waals surface area contributed by atoms with Crippen LogP contribution in [-0.2, 0) is 4.74 Å². The molecule has 2 N–H and O–H groups in total. The van der Waals surface area contributed by atoms with E-state index < -0.39 is 30.0 Å². The van der Waals surface area contributed by atoms with E-state index in [-0.39, 0.29) is 5.56 Å². The van der Waals surface area contributed by atoms with Crippen molar-refractivity contribution in [3.8, 4) is 0 Å². The summed E-state index contributed by atoms with van der Waals surface area (Å²) in [4.78, 5) is 11.6. The molecule has 0 aliphatic heterocycles. The first kappa shape index (κ1) is 18.3. The van der Waals surface area contributed by atoms with Gasteiger partial charge in [0.2, 0.25) is 0 Å². The van der Waals surface area contributed by atoms with Crippen molar-refractivity contribution in [2.24, 2.45) is 0 Å². The van der Waals surface area contributed by atoms with Crippen LogP contribution in [0.2, 0.25) is 0 Å². The Morgan fingerprint density at radius 3 is 2.00 bits per heavy atom. The lowest BCUT2D eigenvalue weighted by molar-refractivity contribution is -0.206. The van der Waals surface area contributed by atoms with Crippen LogP contribution in [0.5, 0.6) is 0 Å². The highest BCUT2D eigenvalue weighted by atomic mass is 19.4. The zero-order chi connectivity index (χ0) is 17.1. The van der Waals surface area contributed by atoms with Crippen molar-refractivity contribution in [2.75, 3.05) is 0 Å². The van der Waals surface area contributed by atoms with Gasteiger partial charge in [0.25, 0.3) is 0 Å². The molecule has 0 aliphatic rings. The fourth-order valence-electron chi connectivity index (χ4n) is 1.72. The third-order valence-corrected chi connectivity index (χ3v) is 2.80. The van der Waals surface area contributed by atoms with Gasteiger partial charge in [-0.3, -0.25) is 0 Å². The smallest absolute Gasteiger partial charge is 0.418 e. The molecular weight excluding hydrogens is 299 g/mol. The summed E-state index contributed by atoms with van der Waals surface area (Å²) in [5.74, 6) is 0. The third-order valence-electron chi connectivity index (χ3n) is 2.80. The number of rotatable bonds is 3. The molecule has 0 aromatic heterocycles. The largest absolute Gasteiger partial charge is 0.444 e. The van der Waals surface area contributed by atoms with Crippen LogP contribution in [0.25, 0.3) is 0 Å². The standard InChI is InChI=1S/C15H20F3NO3/c1-9(19-13(21)22-14(2,3)4)10-5-7-11(8-6-10)12(20)15(16,17)18/h5-9,12,20H,1-4H3,(H,19,21). The molecule has 1 aromatic rings. The van der Waals surface area contributed by atoms with Crippen LogP contribution in [0, 0.1) is 0 Å². The van der Waals surface area contributed by atoms with Crippen LogP contribution in [-0.4, -0.2) is 23.0 Å². The molecule has 2 unspecified atom stereocenters. The lowest BCUT2D eigenvalue weighted by Crippen LogP contribution is -2.34. The number of hydrogen-bond acceptors (Lipinski definition) is 3. The average Bonchev–Trinajstić information content (AvgIpc) is 2.34. The first-order valence-electron chi connectivity index (χ1n) is 6.74. The number of aliphatic hydroxyl groups excluding tert-OH is 1. The van der Waals surface area contributed by atoms with Gasteiger partial charge in [0.15, 0.2) is 6.10 Å². The number of carbonyl (C=O) groups is 1. The quantitative estimate of drug-likeness (QED) is 0.889. The summed E-state index contributed by atoms with van der Waals surface area (Å²) >= 11 is 0. The summed E-state index contributed by atoms with van der Waals surface area (Å²) in [6.07, 6.45) is -7.84. The van der Waals surface area contributed by atoms with Gasteiger partial charge in [-0.25, -0.2) is 4.79 Å². The molecule has 1 rings (SSSR count). The van der Waals surface area contributed by atoms with Crippen LogP contribution >= 0.6 is 0 Å². The Morgan fingerprint density at radius 1 is 1.14 bits per heavy atom. The maximum atomic E-state index is 12.4. The first-order valence-corrected chi connectivity index (χ1v) is 6.74. The molecule has 0 bridgehead atoms. The van der Waals surface area contributed by atoms with Gasteiger partial charge >= 0.3 is 12.3 Å². The summed E-state index contributed by atoms with van der Waals surface area (Å²) in [5.41, 5.74) is -0.283. The van der Waals surface area contributed by atoms with E-state index in [4.69, 9.17) is 9.84 Å². The zero-order valence-electron chi connectivity index (χ0n) is 12.9. The Morgan fingerprint density at radius 2 is 1.59 bits per heavy atom. The van der Waals surface area contributed by atoms with E-state index in [1.54, 1.807) is 27.7 Å². The van der Waals surface area contributed by atoms with Gasteiger partial charge in [0, 0.05) is 0 Å². The molecule has 2 atom stereocenters. The topological polar surface area (TPSA) is 58.6 Å². The van der Waals surface area contributed by atoms with Gasteiger partial charge in [-0.2, -0.15) is 13.2 Å². The van der Waals surface area contributed by atoms with E-state index in [2.05, 4.69) is 5.32 Å². The van der Waals surface area contributed by atoms with Crippen LogP contribution in [0.15, 0.2) is 24.3 Å². The number of carbonyl (C=O) groups excluding carboxylic acids is 1. The number of ether oxygens (including phenoxy) is 1. The molecular formula is C15H20F3NO3. The Hall–Kier alpha value is -1.76. The van der Waals surface area contributed by atoms with E-state index >= 15 is 0 Å². The number of benzene rings is 1. The second kappa shape index (κ2) is 6.56. The molecule has 0 spiro atoms. The van der Waals surface area contributed by atoms with Crippen molar-refractivity contribution in [3.05, 3.63) is 35.4 Å². The molecule has 1 amide bonds. The number of hydrogen-bond donors (Lipinski definition) is 2. The maximum Gasteiger partial charge on any atom is 0.418 e. The Kier molecular flexibility index (Phi) is 5.45. The second-order valence-corrected chi connectivity index (χ2v) is 5.98. The Bertz CT molecular complexity index is 506.